The van der Waals surface area contributed by atoms with Gasteiger partial charge in [0.15, 0.2) is 11.5 Å². The summed E-state index contributed by atoms with van der Waals surface area (Å²) in [6.07, 6.45) is -0.0728. The first kappa shape index (κ1) is 17.7. The number of benzene rings is 1. The van der Waals surface area contributed by atoms with Crippen LogP contribution in [-0.4, -0.2) is 23.3 Å². The van der Waals surface area contributed by atoms with E-state index in [2.05, 4.69) is 0 Å². The smallest absolute Gasteiger partial charge is 0.307 e. The topological polar surface area (TPSA) is 66.8 Å². The van der Waals surface area contributed by atoms with Crippen LogP contribution in [0.15, 0.2) is 18.2 Å². The minimum Gasteiger partial charge on any atom is -0.504 e. The summed E-state index contributed by atoms with van der Waals surface area (Å²) in [4.78, 5) is 10.3. The van der Waals surface area contributed by atoms with Gasteiger partial charge in [-0.1, -0.05) is 33.8 Å². The van der Waals surface area contributed by atoms with E-state index in [0.29, 0.717) is 11.3 Å². The van der Waals surface area contributed by atoms with Crippen LogP contribution < -0.4 is 4.74 Å². The summed E-state index contributed by atoms with van der Waals surface area (Å²) in [7, 11) is 1.42. The molecule has 0 saturated carbocycles. The summed E-state index contributed by atoms with van der Waals surface area (Å²) in [6, 6.07) is 4.46. The summed E-state index contributed by atoms with van der Waals surface area (Å²) >= 11 is 0. The zero-order valence-electron chi connectivity index (χ0n) is 11.2. The number of aromatic hydroxyl groups is 1. The first-order valence-corrected chi connectivity index (χ1v) is 5.71. The second-order valence-corrected chi connectivity index (χ2v) is 2.58. The Hall–Kier alpha value is -1.71. The first-order valence-electron chi connectivity index (χ1n) is 5.71. The van der Waals surface area contributed by atoms with Crippen LogP contribution in [-0.2, 0) is 11.2 Å². The van der Waals surface area contributed by atoms with E-state index >= 15 is 0 Å². The lowest BCUT2D eigenvalue weighted by Gasteiger charge is -2.04. The zero-order valence-corrected chi connectivity index (χ0v) is 11.2. The van der Waals surface area contributed by atoms with Gasteiger partial charge in [-0.15, -0.1) is 0 Å². The van der Waals surface area contributed by atoms with Crippen molar-refractivity contribution in [1.82, 2.24) is 0 Å². The molecule has 1 rings (SSSR count). The molecule has 0 fully saturated rings. The van der Waals surface area contributed by atoms with Crippen molar-refractivity contribution < 1.29 is 19.7 Å². The number of hydrogen-bond donors (Lipinski definition) is 2. The van der Waals surface area contributed by atoms with Gasteiger partial charge in [-0.2, -0.15) is 0 Å². The number of aliphatic carboxylic acids is 1. The molecule has 4 heteroatoms. The SMILES string of the molecule is CC.CC.COc1cc(CC(=O)O)ccc1O. The van der Waals surface area contributed by atoms with Crippen LogP contribution in [0.2, 0.25) is 0 Å². The molecule has 1 aromatic carbocycles. The van der Waals surface area contributed by atoms with Crippen LogP contribution in [0.25, 0.3) is 0 Å². The predicted octanol–water partition coefficient (Wildman–Crippen LogP) is 3.08. The summed E-state index contributed by atoms with van der Waals surface area (Å²) in [5.41, 5.74) is 0.599. The third-order valence-electron chi connectivity index (χ3n) is 1.60. The lowest BCUT2D eigenvalue weighted by molar-refractivity contribution is -0.136. The second-order valence-electron chi connectivity index (χ2n) is 2.58. The third kappa shape index (κ3) is 7.22. The van der Waals surface area contributed by atoms with Gasteiger partial charge in [-0.05, 0) is 17.7 Å². The summed E-state index contributed by atoms with van der Waals surface area (Å²) in [6.45, 7) is 8.00. The van der Waals surface area contributed by atoms with Gasteiger partial charge in [0, 0.05) is 0 Å². The number of carboxylic acid groups (broad SMARTS) is 1. The molecule has 98 valence electrons. The van der Waals surface area contributed by atoms with Gasteiger partial charge in [-0.3, -0.25) is 4.79 Å². The van der Waals surface area contributed by atoms with Crippen LogP contribution in [0, 0.1) is 0 Å². The van der Waals surface area contributed by atoms with Gasteiger partial charge in [0.1, 0.15) is 0 Å². The fraction of sp³-hybridized carbons (Fsp3) is 0.462. The van der Waals surface area contributed by atoms with E-state index in [1.807, 2.05) is 27.7 Å². The molecule has 1 aromatic rings. The molecule has 0 aliphatic heterocycles. The highest BCUT2D eigenvalue weighted by Crippen LogP contribution is 2.26. The zero-order chi connectivity index (χ0) is 13.8. The van der Waals surface area contributed by atoms with E-state index in [4.69, 9.17) is 9.84 Å². The molecule has 0 atom stereocenters. The Labute approximate surface area is 103 Å². The van der Waals surface area contributed by atoms with Crippen molar-refractivity contribution in [3.8, 4) is 11.5 Å². The molecule has 0 aromatic heterocycles. The summed E-state index contributed by atoms with van der Waals surface area (Å²) in [5.74, 6) is -0.608. The van der Waals surface area contributed by atoms with Crippen molar-refractivity contribution in [3.63, 3.8) is 0 Å². The number of ether oxygens (including phenoxy) is 1. The Balaban J connectivity index is 0. The second kappa shape index (κ2) is 10.8. The molecular formula is C13H22O4. The number of carboxylic acids is 1. The normalized spacial score (nSPS) is 8.06. The van der Waals surface area contributed by atoms with Crippen LogP contribution >= 0.6 is 0 Å². The standard InChI is InChI=1S/C9H10O4.2C2H6/c1-13-8-4-6(5-9(11)12)2-3-7(8)10;2*1-2/h2-4,10H,5H2,1H3,(H,11,12);2*1-2H3. The van der Waals surface area contributed by atoms with E-state index < -0.39 is 5.97 Å². The number of phenolic OH excluding ortho intramolecular Hbond substituents is 1. The maximum Gasteiger partial charge on any atom is 0.307 e. The van der Waals surface area contributed by atoms with E-state index in [1.165, 1.54) is 19.2 Å². The summed E-state index contributed by atoms with van der Waals surface area (Å²) < 4.78 is 4.82. The number of carbonyl (C=O) groups is 1. The van der Waals surface area contributed by atoms with Crippen LogP contribution in [0.3, 0.4) is 0 Å². The monoisotopic (exact) mass is 242 g/mol. The van der Waals surface area contributed by atoms with E-state index in [9.17, 15) is 9.90 Å². The Bertz CT molecular complexity index is 321. The average molecular weight is 242 g/mol. The Kier molecular flexibility index (Phi) is 11.2. The molecule has 0 radical (unpaired) electrons. The molecule has 0 spiro atoms. The van der Waals surface area contributed by atoms with Crippen LogP contribution in [0.5, 0.6) is 11.5 Å². The number of rotatable bonds is 3. The minimum atomic E-state index is -0.909. The highest BCUT2D eigenvalue weighted by atomic mass is 16.5. The van der Waals surface area contributed by atoms with Gasteiger partial charge < -0.3 is 14.9 Å². The van der Waals surface area contributed by atoms with Crippen molar-refractivity contribution >= 4 is 5.97 Å². The molecular weight excluding hydrogens is 220 g/mol. The van der Waals surface area contributed by atoms with Gasteiger partial charge in [0.25, 0.3) is 0 Å². The molecule has 0 heterocycles. The number of methoxy groups -OCH3 is 1. The quantitative estimate of drug-likeness (QED) is 0.854. The Morgan fingerprint density at radius 2 is 1.76 bits per heavy atom. The predicted molar refractivity (Wildman–Crippen MR) is 68.7 cm³/mol. The fourth-order valence-electron chi connectivity index (χ4n) is 1.01. The summed E-state index contributed by atoms with van der Waals surface area (Å²) in [5, 5.41) is 17.7. The molecule has 0 bridgehead atoms. The van der Waals surface area contributed by atoms with Crippen molar-refractivity contribution in [2.75, 3.05) is 7.11 Å². The molecule has 0 saturated heterocycles. The fourth-order valence-corrected chi connectivity index (χ4v) is 1.01. The number of hydrogen-bond acceptors (Lipinski definition) is 3. The average Bonchev–Trinajstić information content (AvgIpc) is 2.36. The maximum absolute atomic E-state index is 10.3. The molecule has 17 heavy (non-hydrogen) atoms. The molecule has 4 nitrogen and oxygen atoms in total. The van der Waals surface area contributed by atoms with Gasteiger partial charge in [0.2, 0.25) is 0 Å². The van der Waals surface area contributed by atoms with Gasteiger partial charge in [0.05, 0.1) is 13.5 Å². The highest BCUT2D eigenvalue weighted by molar-refractivity contribution is 5.70. The van der Waals surface area contributed by atoms with Crippen molar-refractivity contribution in [2.24, 2.45) is 0 Å². The Morgan fingerprint density at radius 3 is 2.18 bits per heavy atom. The lowest BCUT2D eigenvalue weighted by atomic mass is 10.1. The molecule has 0 unspecified atom stereocenters. The maximum atomic E-state index is 10.3. The van der Waals surface area contributed by atoms with Crippen LogP contribution in [0.1, 0.15) is 33.3 Å². The van der Waals surface area contributed by atoms with Gasteiger partial charge >= 0.3 is 5.97 Å². The first-order chi connectivity index (χ1) is 8.13. The van der Waals surface area contributed by atoms with Crippen molar-refractivity contribution in [2.45, 2.75) is 34.1 Å². The minimum absolute atomic E-state index is 0.0108. The molecule has 0 amide bonds. The molecule has 0 aliphatic carbocycles. The van der Waals surface area contributed by atoms with Crippen LogP contribution in [0.4, 0.5) is 0 Å². The Morgan fingerprint density at radius 1 is 1.24 bits per heavy atom. The van der Waals surface area contributed by atoms with E-state index in [1.54, 1.807) is 6.07 Å². The highest BCUT2D eigenvalue weighted by Gasteiger charge is 2.05. The van der Waals surface area contributed by atoms with Gasteiger partial charge in [-0.25, -0.2) is 0 Å². The van der Waals surface area contributed by atoms with E-state index in [-0.39, 0.29) is 12.2 Å². The van der Waals surface area contributed by atoms with E-state index in [0.717, 1.165) is 0 Å². The number of phenols is 1. The van der Waals surface area contributed by atoms with Crippen molar-refractivity contribution in [1.29, 1.82) is 0 Å². The van der Waals surface area contributed by atoms with Crippen molar-refractivity contribution in [3.05, 3.63) is 23.8 Å². The molecule has 2 N–H and O–H groups in total. The largest absolute Gasteiger partial charge is 0.504 e. The third-order valence-corrected chi connectivity index (χ3v) is 1.60. The lowest BCUT2D eigenvalue weighted by Crippen LogP contribution is -2.00. The molecule has 0 aliphatic rings.